The third-order valence-corrected chi connectivity index (χ3v) is 4.12. The first kappa shape index (κ1) is 16.8. The van der Waals surface area contributed by atoms with Crippen molar-refractivity contribution in [2.24, 2.45) is 11.7 Å². The summed E-state index contributed by atoms with van der Waals surface area (Å²) in [5.74, 6) is -1.32. The number of carbonyl (C=O) groups is 3. The molecule has 1 saturated carbocycles. The zero-order valence-electron chi connectivity index (χ0n) is 12.7. The van der Waals surface area contributed by atoms with Crippen LogP contribution in [0.2, 0.25) is 0 Å². The van der Waals surface area contributed by atoms with Gasteiger partial charge >= 0.3 is 12.0 Å². The number of hydrogen-bond donors (Lipinski definition) is 4. The number of carboxylic acid groups (broad SMARTS) is 1. The monoisotopic (exact) mass is 319 g/mol. The van der Waals surface area contributed by atoms with Crippen molar-refractivity contribution >= 4 is 17.9 Å². The van der Waals surface area contributed by atoms with Crippen LogP contribution in [0.4, 0.5) is 4.79 Å². The van der Waals surface area contributed by atoms with Gasteiger partial charge in [-0.3, -0.25) is 4.79 Å². The molecule has 0 radical (unpaired) electrons. The Hall–Kier alpha value is -2.57. The molecule has 0 heterocycles. The number of urea groups is 1. The third kappa shape index (κ3) is 4.98. The number of aromatic carboxylic acids is 1. The van der Waals surface area contributed by atoms with Crippen LogP contribution in [0.15, 0.2) is 24.3 Å². The number of nitrogens with two attached hydrogens (primary N) is 1. The second-order valence-electron chi connectivity index (χ2n) is 5.78. The van der Waals surface area contributed by atoms with E-state index in [0.717, 1.165) is 18.4 Å². The summed E-state index contributed by atoms with van der Waals surface area (Å²) in [6.45, 7) is 0.322. The standard InChI is InChI=1S/C16H21N3O4/c17-14(20)11-5-7-13(8-6-11)19-16(23)18-9-10-1-3-12(4-2-10)15(21)22/h1-4,11,13H,5-9H2,(H2,17,20)(H,21,22)(H2,18,19,23). The van der Waals surface area contributed by atoms with Gasteiger partial charge in [-0.05, 0) is 43.4 Å². The fourth-order valence-corrected chi connectivity index (χ4v) is 2.71. The van der Waals surface area contributed by atoms with Crippen LogP contribution < -0.4 is 16.4 Å². The van der Waals surface area contributed by atoms with E-state index < -0.39 is 5.97 Å². The minimum Gasteiger partial charge on any atom is -0.478 e. The van der Waals surface area contributed by atoms with Crippen molar-refractivity contribution in [3.63, 3.8) is 0 Å². The number of amides is 3. The lowest BCUT2D eigenvalue weighted by Crippen LogP contribution is -2.44. The van der Waals surface area contributed by atoms with Crippen LogP contribution in [0.5, 0.6) is 0 Å². The number of benzene rings is 1. The molecule has 1 aromatic rings. The molecule has 1 aliphatic rings. The normalized spacial score (nSPS) is 20.5. The smallest absolute Gasteiger partial charge is 0.335 e. The van der Waals surface area contributed by atoms with Gasteiger partial charge in [0.1, 0.15) is 0 Å². The van der Waals surface area contributed by atoms with E-state index in [9.17, 15) is 14.4 Å². The highest BCUT2D eigenvalue weighted by atomic mass is 16.4. The van der Waals surface area contributed by atoms with E-state index in [4.69, 9.17) is 10.8 Å². The number of carbonyl (C=O) groups excluding carboxylic acids is 2. The first-order valence-corrected chi connectivity index (χ1v) is 7.61. The predicted octanol–water partition coefficient (Wildman–Crippen LogP) is 1.23. The number of primary amides is 1. The fourth-order valence-electron chi connectivity index (χ4n) is 2.71. The Kier molecular flexibility index (Phi) is 5.56. The topological polar surface area (TPSA) is 122 Å². The molecule has 2 rings (SSSR count). The largest absolute Gasteiger partial charge is 0.478 e. The molecule has 23 heavy (non-hydrogen) atoms. The van der Waals surface area contributed by atoms with E-state index in [1.54, 1.807) is 12.1 Å². The van der Waals surface area contributed by atoms with Crippen molar-refractivity contribution in [3.05, 3.63) is 35.4 Å². The van der Waals surface area contributed by atoms with Gasteiger partial charge in [0.25, 0.3) is 0 Å². The number of rotatable bonds is 5. The molecule has 1 aromatic carbocycles. The molecule has 0 saturated heterocycles. The second-order valence-corrected chi connectivity index (χ2v) is 5.78. The van der Waals surface area contributed by atoms with Crippen molar-refractivity contribution in [1.29, 1.82) is 0 Å². The maximum Gasteiger partial charge on any atom is 0.335 e. The van der Waals surface area contributed by atoms with Gasteiger partial charge in [0.05, 0.1) is 5.56 Å². The van der Waals surface area contributed by atoms with Crippen molar-refractivity contribution in [1.82, 2.24) is 10.6 Å². The van der Waals surface area contributed by atoms with Crippen LogP contribution in [0.25, 0.3) is 0 Å². The number of hydrogen-bond acceptors (Lipinski definition) is 3. The summed E-state index contributed by atoms with van der Waals surface area (Å²) in [6, 6.07) is 6.13. The number of nitrogens with one attached hydrogen (secondary N) is 2. The lowest BCUT2D eigenvalue weighted by atomic mass is 9.86. The molecule has 7 nitrogen and oxygen atoms in total. The zero-order valence-corrected chi connectivity index (χ0v) is 12.7. The lowest BCUT2D eigenvalue weighted by molar-refractivity contribution is -0.122. The van der Waals surface area contributed by atoms with Crippen molar-refractivity contribution in [2.75, 3.05) is 0 Å². The highest BCUT2D eigenvalue weighted by molar-refractivity contribution is 5.87. The Morgan fingerprint density at radius 3 is 2.22 bits per heavy atom. The Bertz CT molecular complexity index is 577. The van der Waals surface area contributed by atoms with E-state index in [0.29, 0.717) is 19.4 Å². The van der Waals surface area contributed by atoms with Gasteiger partial charge in [0, 0.05) is 18.5 Å². The van der Waals surface area contributed by atoms with Gasteiger partial charge < -0.3 is 21.5 Å². The zero-order chi connectivity index (χ0) is 16.8. The number of carboxylic acids is 1. The van der Waals surface area contributed by atoms with Gasteiger partial charge in [0.15, 0.2) is 0 Å². The van der Waals surface area contributed by atoms with Crippen LogP contribution in [0.3, 0.4) is 0 Å². The van der Waals surface area contributed by atoms with Gasteiger partial charge in [-0.25, -0.2) is 9.59 Å². The Morgan fingerprint density at radius 2 is 1.70 bits per heavy atom. The maximum atomic E-state index is 11.9. The third-order valence-electron chi connectivity index (χ3n) is 4.12. The van der Waals surface area contributed by atoms with Crippen LogP contribution in [0.1, 0.15) is 41.6 Å². The summed E-state index contributed by atoms with van der Waals surface area (Å²) in [5, 5.41) is 14.4. The molecule has 7 heteroatoms. The molecule has 0 unspecified atom stereocenters. The van der Waals surface area contributed by atoms with E-state index >= 15 is 0 Å². The first-order valence-electron chi connectivity index (χ1n) is 7.61. The van der Waals surface area contributed by atoms with Crippen molar-refractivity contribution in [2.45, 2.75) is 38.3 Å². The molecule has 1 fully saturated rings. The Morgan fingerprint density at radius 1 is 1.09 bits per heavy atom. The summed E-state index contributed by atoms with van der Waals surface area (Å²) >= 11 is 0. The minimum atomic E-state index is -0.978. The van der Waals surface area contributed by atoms with E-state index in [1.165, 1.54) is 12.1 Å². The van der Waals surface area contributed by atoms with E-state index in [1.807, 2.05) is 0 Å². The first-order chi connectivity index (χ1) is 11.0. The Labute approximate surface area is 134 Å². The molecule has 1 aliphatic carbocycles. The predicted molar refractivity (Wildman–Crippen MR) is 83.7 cm³/mol. The van der Waals surface area contributed by atoms with Gasteiger partial charge in [-0.1, -0.05) is 12.1 Å². The van der Waals surface area contributed by atoms with Crippen LogP contribution in [0, 0.1) is 5.92 Å². The van der Waals surface area contributed by atoms with E-state index in [2.05, 4.69) is 10.6 Å². The molecule has 0 aliphatic heterocycles. The molecule has 5 N–H and O–H groups in total. The maximum absolute atomic E-state index is 11.9. The molecule has 0 aromatic heterocycles. The summed E-state index contributed by atoms with van der Waals surface area (Å²) in [6.07, 6.45) is 2.90. The lowest BCUT2D eigenvalue weighted by Gasteiger charge is -2.27. The molecular formula is C16H21N3O4. The molecule has 124 valence electrons. The molecule has 0 bridgehead atoms. The molecule has 3 amide bonds. The highest BCUT2D eigenvalue weighted by Crippen LogP contribution is 2.23. The molecule has 0 atom stereocenters. The fraction of sp³-hybridized carbons (Fsp3) is 0.438. The second kappa shape index (κ2) is 7.62. The van der Waals surface area contributed by atoms with Crippen molar-refractivity contribution < 1.29 is 19.5 Å². The molecular weight excluding hydrogens is 298 g/mol. The summed E-state index contributed by atoms with van der Waals surface area (Å²) < 4.78 is 0. The summed E-state index contributed by atoms with van der Waals surface area (Å²) in [5.41, 5.74) is 6.31. The summed E-state index contributed by atoms with van der Waals surface area (Å²) in [7, 11) is 0. The summed E-state index contributed by atoms with van der Waals surface area (Å²) in [4.78, 5) is 33.7. The van der Waals surface area contributed by atoms with Crippen LogP contribution >= 0.6 is 0 Å². The van der Waals surface area contributed by atoms with E-state index in [-0.39, 0.29) is 29.5 Å². The average Bonchev–Trinajstić information content (AvgIpc) is 2.54. The highest BCUT2D eigenvalue weighted by Gasteiger charge is 2.25. The minimum absolute atomic E-state index is 0.0555. The van der Waals surface area contributed by atoms with Crippen LogP contribution in [-0.2, 0) is 11.3 Å². The quantitative estimate of drug-likeness (QED) is 0.652. The van der Waals surface area contributed by atoms with Gasteiger partial charge in [-0.2, -0.15) is 0 Å². The average molecular weight is 319 g/mol. The van der Waals surface area contributed by atoms with Crippen molar-refractivity contribution in [3.8, 4) is 0 Å². The van der Waals surface area contributed by atoms with Crippen LogP contribution in [-0.4, -0.2) is 29.1 Å². The van der Waals surface area contributed by atoms with Gasteiger partial charge in [0.2, 0.25) is 5.91 Å². The Balaban J connectivity index is 1.73. The van der Waals surface area contributed by atoms with Gasteiger partial charge in [-0.15, -0.1) is 0 Å². The SMILES string of the molecule is NC(=O)C1CCC(NC(=O)NCc2ccc(C(=O)O)cc2)CC1. The molecule has 0 spiro atoms.